The molecule has 0 amide bonds. The van der Waals surface area contributed by atoms with Crippen LogP contribution in [0, 0.1) is 0 Å². The molecule has 0 heterocycles. The largest absolute Gasteiger partial charge is 0.289 e. The molecule has 0 saturated heterocycles. The molecule has 0 fully saturated rings. The highest BCUT2D eigenvalue weighted by molar-refractivity contribution is 9.25. The second-order valence-corrected chi connectivity index (χ2v) is 7.55. The van der Waals surface area contributed by atoms with Crippen LogP contribution in [0.25, 0.3) is 0 Å². The first kappa shape index (κ1) is 11.8. The molecule has 0 unspecified atom stereocenters. The van der Waals surface area contributed by atoms with Crippen molar-refractivity contribution in [3.63, 3.8) is 0 Å². The fraction of sp³-hybridized carbons (Fsp3) is 0.154. The van der Waals surface area contributed by atoms with Crippen molar-refractivity contribution < 1.29 is 4.79 Å². The highest BCUT2D eigenvalue weighted by atomic mass is 79.9. The average molecular weight is 342 g/mol. The molecule has 1 nitrogen and oxygen atoms in total. The number of allylic oxidation sites excluding steroid dienone is 4. The van der Waals surface area contributed by atoms with Gasteiger partial charge in [-0.25, -0.2) is 0 Å². The van der Waals surface area contributed by atoms with E-state index in [1.54, 1.807) is 0 Å². The normalized spacial score (nSPS) is 18.0. The van der Waals surface area contributed by atoms with Crippen molar-refractivity contribution in [1.29, 1.82) is 0 Å². The van der Waals surface area contributed by atoms with Crippen LogP contribution < -0.4 is 0 Å². The Balaban J connectivity index is 2.20. The Morgan fingerprint density at radius 2 is 1.88 bits per heavy atom. The predicted octanol–water partition coefficient (Wildman–Crippen LogP) is 4.24. The number of alkyl halides is 2. The van der Waals surface area contributed by atoms with Crippen LogP contribution in [-0.2, 0) is 0 Å². The Hall–Kier alpha value is -0.670. The number of ketones is 1. The molecular formula is C13H10Br2O. The van der Waals surface area contributed by atoms with E-state index in [1.807, 2.05) is 48.6 Å². The molecule has 1 aliphatic carbocycles. The minimum absolute atomic E-state index is 0.0763. The quantitative estimate of drug-likeness (QED) is 0.580. The number of halogens is 2. The van der Waals surface area contributed by atoms with E-state index in [1.165, 1.54) is 0 Å². The van der Waals surface area contributed by atoms with Crippen molar-refractivity contribution in [1.82, 2.24) is 0 Å². The lowest BCUT2D eigenvalue weighted by Crippen LogP contribution is -2.12. The smallest absolute Gasteiger partial charge is 0.192 e. The molecule has 0 atom stereocenters. The molecule has 3 heteroatoms. The van der Waals surface area contributed by atoms with Gasteiger partial charge in [-0.2, -0.15) is 0 Å². The van der Waals surface area contributed by atoms with Crippen LogP contribution in [0.5, 0.6) is 0 Å². The lowest BCUT2D eigenvalue weighted by molar-refractivity contribution is 0.103. The summed E-state index contributed by atoms with van der Waals surface area (Å²) in [5.74, 6) is 0.0763. The number of Topliss-reactive ketones (excluding diaryl/α,β-unsaturated/α-hetero) is 1. The standard InChI is InChI=1S/C13H10Br2O/c14-13(15)8-6-11(7-9-13)12(16)10-4-2-1-3-5-10/h1-8H,9H2. The van der Waals surface area contributed by atoms with Gasteiger partial charge in [-0.05, 0) is 6.42 Å². The zero-order chi connectivity index (χ0) is 11.6. The maximum absolute atomic E-state index is 12.1. The third-order valence-electron chi connectivity index (χ3n) is 2.40. The Labute approximate surface area is 111 Å². The van der Waals surface area contributed by atoms with E-state index in [4.69, 9.17) is 0 Å². The maximum atomic E-state index is 12.1. The molecule has 1 aliphatic rings. The van der Waals surface area contributed by atoms with Crippen LogP contribution >= 0.6 is 31.9 Å². The van der Waals surface area contributed by atoms with E-state index in [9.17, 15) is 4.79 Å². The van der Waals surface area contributed by atoms with Gasteiger partial charge in [-0.1, -0.05) is 80.4 Å². The minimum atomic E-state index is -0.194. The first-order valence-corrected chi connectivity index (χ1v) is 6.54. The Bertz CT molecular complexity index is 458. The van der Waals surface area contributed by atoms with Gasteiger partial charge >= 0.3 is 0 Å². The number of hydrogen-bond donors (Lipinski definition) is 0. The van der Waals surface area contributed by atoms with Crippen molar-refractivity contribution in [3.05, 3.63) is 59.7 Å². The Morgan fingerprint density at radius 1 is 1.19 bits per heavy atom. The zero-order valence-corrected chi connectivity index (χ0v) is 11.7. The van der Waals surface area contributed by atoms with Gasteiger partial charge in [0.2, 0.25) is 0 Å². The molecule has 0 bridgehead atoms. The van der Waals surface area contributed by atoms with Crippen molar-refractivity contribution in [2.24, 2.45) is 0 Å². The number of carbonyl (C=O) groups excluding carboxylic acids is 1. The van der Waals surface area contributed by atoms with E-state index in [0.29, 0.717) is 0 Å². The summed E-state index contributed by atoms with van der Waals surface area (Å²) in [4.78, 5) is 12.1. The monoisotopic (exact) mass is 340 g/mol. The minimum Gasteiger partial charge on any atom is -0.289 e. The van der Waals surface area contributed by atoms with Crippen molar-refractivity contribution in [2.45, 2.75) is 9.65 Å². The number of hydrogen-bond acceptors (Lipinski definition) is 1. The summed E-state index contributed by atoms with van der Waals surface area (Å²) >= 11 is 7.00. The number of benzene rings is 1. The third kappa shape index (κ3) is 2.71. The zero-order valence-electron chi connectivity index (χ0n) is 8.49. The topological polar surface area (TPSA) is 17.1 Å². The number of rotatable bonds is 2. The van der Waals surface area contributed by atoms with Crippen LogP contribution in [0.4, 0.5) is 0 Å². The SMILES string of the molecule is O=C(C1=CCC(Br)(Br)C=C1)c1ccccc1. The lowest BCUT2D eigenvalue weighted by atomic mass is 9.98. The highest BCUT2D eigenvalue weighted by Crippen LogP contribution is 2.36. The fourth-order valence-corrected chi connectivity index (χ4v) is 2.11. The van der Waals surface area contributed by atoms with Gasteiger partial charge in [-0.3, -0.25) is 4.79 Å². The summed E-state index contributed by atoms with van der Waals surface area (Å²) in [7, 11) is 0. The molecule has 0 aliphatic heterocycles. The van der Waals surface area contributed by atoms with E-state index < -0.39 is 0 Å². The molecule has 0 spiro atoms. The summed E-state index contributed by atoms with van der Waals surface area (Å²) in [5.41, 5.74) is 1.48. The molecule has 1 aromatic rings. The van der Waals surface area contributed by atoms with Gasteiger partial charge < -0.3 is 0 Å². The van der Waals surface area contributed by atoms with Gasteiger partial charge in [0, 0.05) is 11.1 Å². The average Bonchev–Trinajstić information content (AvgIpc) is 2.29. The van der Waals surface area contributed by atoms with Gasteiger partial charge in [0.05, 0.1) is 0 Å². The molecule has 2 rings (SSSR count). The lowest BCUT2D eigenvalue weighted by Gasteiger charge is -2.18. The second kappa shape index (κ2) is 4.68. The van der Waals surface area contributed by atoms with Crippen molar-refractivity contribution >= 4 is 37.6 Å². The van der Waals surface area contributed by atoms with Crippen LogP contribution in [0.3, 0.4) is 0 Å². The van der Waals surface area contributed by atoms with Crippen LogP contribution in [-0.4, -0.2) is 9.02 Å². The molecule has 0 radical (unpaired) electrons. The Morgan fingerprint density at radius 3 is 2.44 bits per heavy atom. The molecule has 0 saturated carbocycles. The first-order chi connectivity index (χ1) is 7.58. The number of carbonyl (C=O) groups is 1. The summed E-state index contributed by atoms with van der Waals surface area (Å²) < 4.78 is -0.194. The summed E-state index contributed by atoms with van der Waals surface area (Å²) in [6, 6.07) is 9.32. The van der Waals surface area contributed by atoms with E-state index in [0.717, 1.165) is 17.6 Å². The van der Waals surface area contributed by atoms with Gasteiger partial charge in [0.25, 0.3) is 0 Å². The van der Waals surface area contributed by atoms with Crippen LogP contribution in [0.2, 0.25) is 0 Å². The second-order valence-electron chi connectivity index (χ2n) is 3.65. The molecule has 82 valence electrons. The highest BCUT2D eigenvalue weighted by Gasteiger charge is 2.22. The maximum Gasteiger partial charge on any atom is 0.192 e. The van der Waals surface area contributed by atoms with Crippen LogP contribution in [0.1, 0.15) is 16.8 Å². The molecular weight excluding hydrogens is 332 g/mol. The molecule has 1 aromatic carbocycles. The first-order valence-electron chi connectivity index (χ1n) is 4.95. The van der Waals surface area contributed by atoms with E-state index in [2.05, 4.69) is 31.9 Å². The van der Waals surface area contributed by atoms with Crippen molar-refractivity contribution in [3.8, 4) is 0 Å². The summed E-state index contributed by atoms with van der Waals surface area (Å²) in [5, 5.41) is 0. The van der Waals surface area contributed by atoms with Gasteiger partial charge in [0.1, 0.15) is 3.23 Å². The van der Waals surface area contributed by atoms with E-state index >= 15 is 0 Å². The summed E-state index contributed by atoms with van der Waals surface area (Å²) in [6.07, 6.45) is 6.50. The van der Waals surface area contributed by atoms with Gasteiger partial charge in [-0.15, -0.1) is 0 Å². The third-order valence-corrected chi connectivity index (χ3v) is 3.58. The molecule has 0 aromatic heterocycles. The van der Waals surface area contributed by atoms with Crippen LogP contribution in [0.15, 0.2) is 54.1 Å². The fourth-order valence-electron chi connectivity index (χ4n) is 1.52. The Kier molecular flexibility index (Phi) is 3.45. The predicted molar refractivity (Wildman–Crippen MR) is 73.2 cm³/mol. The molecule has 0 N–H and O–H groups in total. The molecule has 16 heavy (non-hydrogen) atoms. The summed E-state index contributed by atoms with van der Waals surface area (Å²) in [6.45, 7) is 0. The van der Waals surface area contributed by atoms with E-state index in [-0.39, 0.29) is 9.02 Å². The van der Waals surface area contributed by atoms with Gasteiger partial charge in [0.15, 0.2) is 5.78 Å². The van der Waals surface area contributed by atoms with Crippen molar-refractivity contribution in [2.75, 3.05) is 0 Å².